The van der Waals surface area contributed by atoms with Gasteiger partial charge in [0.2, 0.25) is 0 Å². The van der Waals surface area contributed by atoms with E-state index in [1.54, 1.807) is 11.6 Å². The molecule has 0 radical (unpaired) electrons. The second-order valence-electron chi connectivity index (χ2n) is 6.44. The van der Waals surface area contributed by atoms with E-state index in [2.05, 4.69) is 44.4 Å². The molecule has 140 valence electrons. The minimum Gasteiger partial charge on any atom is -0.462 e. The summed E-state index contributed by atoms with van der Waals surface area (Å²) in [5, 5.41) is 5.46. The SMILES string of the molecule is O=C(NCCN1CCN(c2ccccc2)CC1)c1csc(-c2ccco2)n1. The zero-order chi connectivity index (χ0) is 18.5. The number of rotatable bonds is 6. The Labute approximate surface area is 162 Å². The molecule has 1 amide bonds. The standard InChI is InChI=1S/C20H22N4O2S/c25-19(17-15-27-20(22-17)18-7-4-14-26-18)21-8-9-23-10-12-24(13-11-23)16-5-2-1-3-6-16/h1-7,14-15H,8-13H2,(H,21,25). The van der Waals surface area contributed by atoms with E-state index >= 15 is 0 Å². The molecule has 27 heavy (non-hydrogen) atoms. The van der Waals surface area contributed by atoms with Gasteiger partial charge >= 0.3 is 0 Å². The molecule has 2 aromatic heterocycles. The van der Waals surface area contributed by atoms with Gasteiger partial charge in [-0.15, -0.1) is 11.3 Å². The van der Waals surface area contributed by atoms with Gasteiger partial charge in [-0.2, -0.15) is 0 Å². The highest BCUT2D eigenvalue weighted by Gasteiger charge is 2.17. The fourth-order valence-corrected chi connectivity index (χ4v) is 3.94. The molecule has 0 bridgehead atoms. The van der Waals surface area contributed by atoms with Crippen molar-refractivity contribution < 1.29 is 9.21 Å². The van der Waals surface area contributed by atoms with Crippen molar-refractivity contribution in [3.8, 4) is 10.8 Å². The van der Waals surface area contributed by atoms with E-state index < -0.39 is 0 Å². The molecule has 7 heteroatoms. The van der Waals surface area contributed by atoms with Crippen molar-refractivity contribution in [3.05, 3.63) is 59.8 Å². The van der Waals surface area contributed by atoms with Crippen LogP contribution in [0.1, 0.15) is 10.5 Å². The van der Waals surface area contributed by atoms with Gasteiger partial charge in [0.05, 0.1) is 6.26 Å². The van der Waals surface area contributed by atoms with Gasteiger partial charge in [0.15, 0.2) is 10.8 Å². The van der Waals surface area contributed by atoms with Crippen LogP contribution in [0.4, 0.5) is 5.69 Å². The number of aromatic nitrogens is 1. The normalized spacial score (nSPS) is 15.0. The lowest BCUT2D eigenvalue weighted by molar-refractivity contribution is 0.0943. The molecule has 4 rings (SSSR count). The number of thiazole rings is 1. The molecule has 0 aliphatic carbocycles. The summed E-state index contributed by atoms with van der Waals surface area (Å²) < 4.78 is 5.32. The number of furan rings is 1. The van der Waals surface area contributed by atoms with E-state index in [0.717, 1.165) is 37.7 Å². The van der Waals surface area contributed by atoms with E-state index in [1.807, 2.05) is 18.2 Å². The third kappa shape index (κ3) is 4.37. The average molecular weight is 382 g/mol. The van der Waals surface area contributed by atoms with E-state index in [4.69, 9.17) is 4.42 Å². The van der Waals surface area contributed by atoms with Crippen LogP contribution in [-0.4, -0.2) is 55.1 Å². The highest BCUT2D eigenvalue weighted by Crippen LogP contribution is 2.23. The first-order valence-corrected chi connectivity index (χ1v) is 9.97. The molecule has 0 saturated carbocycles. The molecule has 0 unspecified atom stereocenters. The average Bonchev–Trinajstić information content (AvgIpc) is 3.41. The summed E-state index contributed by atoms with van der Waals surface area (Å²) in [4.78, 5) is 21.4. The van der Waals surface area contributed by atoms with Gasteiger partial charge in [0, 0.05) is 50.3 Å². The fraction of sp³-hybridized carbons (Fsp3) is 0.300. The lowest BCUT2D eigenvalue weighted by Gasteiger charge is -2.36. The summed E-state index contributed by atoms with van der Waals surface area (Å²) in [5.41, 5.74) is 1.72. The maximum atomic E-state index is 12.3. The smallest absolute Gasteiger partial charge is 0.270 e. The van der Waals surface area contributed by atoms with Crippen LogP contribution >= 0.6 is 11.3 Å². The summed E-state index contributed by atoms with van der Waals surface area (Å²) in [5.74, 6) is 0.558. The number of hydrogen-bond donors (Lipinski definition) is 1. The Morgan fingerprint density at radius 2 is 1.93 bits per heavy atom. The molecule has 1 aromatic carbocycles. The number of carbonyl (C=O) groups is 1. The predicted molar refractivity (Wildman–Crippen MR) is 107 cm³/mol. The quantitative estimate of drug-likeness (QED) is 0.710. The van der Waals surface area contributed by atoms with Crippen molar-refractivity contribution in [2.24, 2.45) is 0 Å². The Kier molecular flexibility index (Phi) is 5.50. The topological polar surface area (TPSA) is 61.6 Å². The summed E-state index contributed by atoms with van der Waals surface area (Å²) in [6.45, 7) is 5.50. The molecular weight excluding hydrogens is 360 g/mol. The molecule has 1 fully saturated rings. The fourth-order valence-electron chi connectivity index (χ4n) is 3.18. The molecule has 3 heterocycles. The van der Waals surface area contributed by atoms with Gasteiger partial charge in [-0.25, -0.2) is 4.98 Å². The first-order chi connectivity index (χ1) is 13.3. The Morgan fingerprint density at radius 1 is 1.11 bits per heavy atom. The lowest BCUT2D eigenvalue weighted by Crippen LogP contribution is -2.48. The van der Waals surface area contributed by atoms with Crippen molar-refractivity contribution in [2.45, 2.75) is 0 Å². The van der Waals surface area contributed by atoms with Crippen LogP contribution in [-0.2, 0) is 0 Å². The number of anilines is 1. The van der Waals surface area contributed by atoms with Crippen molar-refractivity contribution in [3.63, 3.8) is 0 Å². The van der Waals surface area contributed by atoms with E-state index in [9.17, 15) is 4.79 Å². The number of piperazine rings is 1. The third-order valence-electron chi connectivity index (χ3n) is 4.68. The highest BCUT2D eigenvalue weighted by molar-refractivity contribution is 7.13. The van der Waals surface area contributed by atoms with Gasteiger partial charge in [-0.05, 0) is 24.3 Å². The summed E-state index contributed by atoms with van der Waals surface area (Å²) in [7, 11) is 0. The second-order valence-corrected chi connectivity index (χ2v) is 7.29. The van der Waals surface area contributed by atoms with E-state index in [0.29, 0.717) is 18.0 Å². The minimum absolute atomic E-state index is 0.132. The number of amides is 1. The molecule has 6 nitrogen and oxygen atoms in total. The van der Waals surface area contributed by atoms with Crippen LogP contribution in [0.25, 0.3) is 10.8 Å². The Morgan fingerprint density at radius 3 is 2.67 bits per heavy atom. The molecule has 0 spiro atoms. The van der Waals surface area contributed by atoms with Crippen LogP contribution in [0.5, 0.6) is 0 Å². The maximum absolute atomic E-state index is 12.3. The minimum atomic E-state index is -0.132. The first kappa shape index (κ1) is 17.8. The van der Waals surface area contributed by atoms with Crippen LogP contribution in [0, 0.1) is 0 Å². The molecule has 1 saturated heterocycles. The van der Waals surface area contributed by atoms with E-state index in [-0.39, 0.29) is 5.91 Å². The molecule has 1 aliphatic rings. The van der Waals surface area contributed by atoms with Gasteiger partial charge in [-0.1, -0.05) is 18.2 Å². The first-order valence-electron chi connectivity index (χ1n) is 9.09. The zero-order valence-corrected chi connectivity index (χ0v) is 15.8. The van der Waals surface area contributed by atoms with Gasteiger partial charge in [0.1, 0.15) is 5.69 Å². The summed E-state index contributed by atoms with van der Waals surface area (Å²) in [6.07, 6.45) is 1.61. The number of para-hydroxylation sites is 1. The Bertz CT molecular complexity index is 855. The van der Waals surface area contributed by atoms with Crippen molar-refractivity contribution in [1.82, 2.24) is 15.2 Å². The predicted octanol–water partition coefficient (Wildman–Crippen LogP) is 2.96. The van der Waals surface area contributed by atoms with Gasteiger partial charge < -0.3 is 14.6 Å². The maximum Gasteiger partial charge on any atom is 0.270 e. The summed E-state index contributed by atoms with van der Waals surface area (Å²) >= 11 is 1.41. The van der Waals surface area contributed by atoms with Crippen LogP contribution in [0.3, 0.4) is 0 Å². The van der Waals surface area contributed by atoms with Gasteiger partial charge in [0.25, 0.3) is 5.91 Å². The van der Waals surface area contributed by atoms with Gasteiger partial charge in [-0.3, -0.25) is 9.69 Å². The third-order valence-corrected chi connectivity index (χ3v) is 5.53. The monoisotopic (exact) mass is 382 g/mol. The zero-order valence-electron chi connectivity index (χ0n) is 15.0. The molecule has 1 aliphatic heterocycles. The van der Waals surface area contributed by atoms with Crippen LogP contribution in [0.2, 0.25) is 0 Å². The molecule has 1 N–H and O–H groups in total. The highest BCUT2D eigenvalue weighted by atomic mass is 32.1. The van der Waals surface area contributed by atoms with Crippen molar-refractivity contribution >= 4 is 22.9 Å². The van der Waals surface area contributed by atoms with Crippen molar-refractivity contribution in [1.29, 1.82) is 0 Å². The van der Waals surface area contributed by atoms with Crippen LogP contribution < -0.4 is 10.2 Å². The van der Waals surface area contributed by atoms with E-state index in [1.165, 1.54) is 17.0 Å². The largest absolute Gasteiger partial charge is 0.462 e. The number of nitrogens with one attached hydrogen (secondary N) is 1. The Hall–Kier alpha value is -2.64. The Balaban J connectivity index is 1.21. The summed E-state index contributed by atoms with van der Waals surface area (Å²) in [6, 6.07) is 14.2. The number of nitrogens with zero attached hydrogens (tertiary/aromatic N) is 3. The lowest BCUT2D eigenvalue weighted by atomic mass is 10.2. The van der Waals surface area contributed by atoms with Crippen molar-refractivity contribution in [2.75, 3.05) is 44.2 Å². The molecular formula is C20H22N4O2S. The van der Waals surface area contributed by atoms with Crippen LogP contribution in [0.15, 0.2) is 58.5 Å². The number of hydrogen-bond acceptors (Lipinski definition) is 6. The number of benzene rings is 1. The number of carbonyl (C=O) groups excluding carboxylic acids is 1. The molecule has 0 atom stereocenters. The second kappa shape index (κ2) is 8.37. The molecule has 3 aromatic rings.